The molecule has 0 saturated carbocycles. The SMILES string of the molecule is CCOC(=O)c1ccc2c(c1)N(CCCS(=O)(=O)O)/C(=C/C=C(C#N)C#N)N2CC. The van der Waals surface area contributed by atoms with Crippen LogP contribution >= 0.6 is 0 Å². The number of benzene rings is 1. The molecule has 0 unspecified atom stereocenters. The summed E-state index contributed by atoms with van der Waals surface area (Å²) in [5, 5.41) is 18.0. The Morgan fingerprint density at radius 1 is 1.20 bits per heavy atom. The highest BCUT2D eigenvalue weighted by atomic mass is 32.2. The van der Waals surface area contributed by atoms with Crippen molar-refractivity contribution in [3.63, 3.8) is 0 Å². The van der Waals surface area contributed by atoms with Crippen LogP contribution in [0.3, 0.4) is 0 Å². The molecular weight excluding hydrogens is 408 g/mol. The standard InChI is InChI=1S/C20H22N4O5S/c1-3-23-17-8-7-16(20(25)29-4-2)12-18(17)24(10-5-11-30(26,27)28)19(23)9-6-15(13-21)14-22/h6-9,12H,3-5,10-11H2,1-2H3,(H,26,27,28)/b19-9+. The molecule has 1 aromatic rings. The van der Waals surface area contributed by atoms with Crippen molar-refractivity contribution in [1.82, 2.24) is 0 Å². The molecule has 1 N–H and O–H groups in total. The number of hydrogen-bond donors (Lipinski definition) is 1. The van der Waals surface area contributed by atoms with E-state index in [1.54, 1.807) is 48.2 Å². The summed E-state index contributed by atoms with van der Waals surface area (Å²) in [6.45, 7) is 4.63. The number of hydrogen-bond acceptors (Lipinski definition) is 8. The number of nitriles is 2. The van der Waals surface area contributed by atoms with Crippen molar-refractivity contribution in [2.24, 2.45) is 0 Å². The summed E-state index contributed by atoms with van der Waals surface area (Å²) in [5.41, 5.74) is 1.71. The molecule has 0 radical (unpaired) electrons. The normalized spacial score (nSPS) is 14.1. The van der Waals surface area contributed by atoms with Crippen LogP contribution in [0.5, 0.6) is 0 Å². The molecule has 0 spiro atoms. The topological polar surface area (TPSA) is 135 Å². The van der Waals surface area contributed by atoms with Gasteiger partial charge in [0.15, 0.2) is 0 Å². The Balaban J connectivity index is 2.52. The maximum Gasteiger partial charge on any atom is 0.338 e. The van der Waals surface area contributed by atoms with Crippen LogP contribution in [-0.2, 0) is 14.9 Å². The third-order valence-electron chi connectivity index (χ3n) is 4.36. The van der Waals surface area contributed by atoms with Gasteiger partial charge >= 0.3 is 5.97 Å². The molecule has 0 saturated heterocycles. The Morgan fingerprint density at radius 2 is 1.90 bits per heavy atom. The first-order valence-electron chi connectivity index (χ1n) is 9.29. The summed E-state index contributed by atoms with van der Waals surface area (Å²) in [6.07, 6.45) is 3.11. The Labute approximate surface area is 175 Å². The zero-order chi connectivity index (χ0) is 22.3. The zero-order valence-corrected chi connectivity index (χ0v) is 17.5. The number of carbonyl (C=O) groups is 1. The van der Waals surface area contributed by atoms with Crippen LogP contribution in [0, 0.1) is 22.7 Å². The van der Waals surface area contributed by atoms with Gasteiger partial charge in [-0.05, 0) is 50.6 Å². The van der Waals surface area contributed by atoms with Crippen LogP contribution in [-0.4, -0.2) is 44.4 Å². The maximum absolute atomic E-state index is 12.2. The molecule has 30 heavy (non-hydrogen) atoms. The minimum atomic E-state index is -4.12. The molecule has 10 heteroatoms. The summed E-state index contributed by atoms with van der Waals surface area (Å²) in [5.74, 6) is -0.283. The fraction of sp³-hybridized carbons (Fsp3) is 0.350. The molecular formula is C20H22N4O5S. The largest absolute Gasteiger partial charge is 0.462 e. The molecule has 2 rings (SSSR count). The van der Waals surface area contributed by atoms with Gasteiger partial charge in [0, 0.05) is 13.1 Å². The number of fused-ring (bicyclic) bond motifs is 1. The summed E-state index contributed by atoms with van der Waals surface area (Å²) in [7, 11) is -4.12. The second-order valence-electron chi connectivity index (χ2n) is 6.29. The highest BCUT2D eigenvalue weighted by Crippen LogP contribution is 2.42. The first-order chi connectivity index (χ1) is 14.3. The number of nitrogens with zero attached hydrogens (tertiary/aromatic N) is 4. The van der Waals surface area contributed by atoms with Gasteiger partial charge in [0.25, 0.3) is 10.1 Å². The minimum absolute atomic E-state index is 0.0837. The average Bonchev–Trinajstić information content (AvgIpc) is 3.00. The van der Waals surface area contributed by atoms with Crippen molar-refractivity contribution < 1.29 is 22.5 Å². The Kier molecular flexibility index (Phi) is 7.59. The van der Waals surface area contributed by atoms with Crippen LogP contribution in [0.2, 0.25) is 0 Å². The van der Waals surface area contributed by atoms with Gasteiger partial charge in [-0.3, -0.25) is 4.55 Å². The molecule has 0 fully saturated rings. The van der Waals surface area contributed by atoms with Crippen molar-refractivity contribution in [2.75, 3.05) is 35.2 Å². The predicted molar refractivity (Wildman–Crippen MR) is 111 cm³/mol. The number of carbonyl (C=O) groups excluding carboxylic acids is 1. The van der Waals surface area contributed by atoms with Crippen LogP contribution in [0.15, 0.2) is 41.7 Å². The van der Waals surface area contributed by atoms with E-state index in [4.69, 9.17) is 19.8 Å². The molecule has 1 aromatic carbocycles. The van der Waals surface area contributed by atoms with E-state index in [1.165, 1.54) is 6.08 Å². The number of rotatable bonds is 8. The minimum Gasteiger partial charge on any atom is -0.462 e. The van der Waals surface area contributed by atoms with E-state index < -0.39 is 21.8 Å². The van der Waals surface area contributed by atoms with E-state index in [-0.39, 0.29) is 25.1 Å². The maximum atomic E-state index is 12.2. The van der Waals surface area contributed by atoms with Gasteiger partial charge in [0.1, 0.15) is 23.5 Å². The van der Waals surface area contributed by atoms with Gasteiger partial charge in [0.2, 0.25) is 0 Å². The van der Waals surface area contributed by atoms with E-state index in [1.807, 2.05) is 11.8 Å². The van der Waals surface area contributed by atoms with Gasteiger partial charge in [-0.25, -0.2) is 4.79 Å². The Hall–Kier alpha value is -3.34. The Morgan fingerprint density at radius 3 is 2.47 bits per heavy atom. The van der Waals surface area contributed by atoms with E-state index in [9.17, 15) is 13.2 Å². The van der Waals surface area contributed by atoms with E-state index in [2.05, 4.69) is 0 Å². The first kappa shape index (κ1) is 22.9. The van der Waals surface area contributed by atoms with Gasteiger partial charge in [-0.15, -0.1) is 0 Å². The number of esters is 1. The summed E-state index contributed by atoms with van der Waals surface area (Å²) >= 11 is 0. The zero-order valence-electron chi connectivity index (χ0n) is 16.7. The molecule has 0 aliphatic carbocycles. The van der Waals surface area contributed by atoms with Gasteiger partial charge in [0.05, 0.1) is 29.3 Å². The average molecular weight is 430 g/mol. The number of allylic oxidation sites excluding steroid dienone is 3. The second-order valence-corrected chi connectivity index (χ2v) is 7.86. The van der Waals surface area contributed by atoms with Crippen LogP contribution < -0.4 is 9.80 Å². The first-order valence-corrected chi connectivity index (χ1v) is 10.9. The predicted octanol–water partition coefficient (Wildman–Crippen LogP) is 2.60. The van der Waals surface area contributed by atoms with Gasteiger partial charge in [-0.1, -0.05) is 0 Å². The van der Waals surface area contributed by atoms with Crippen molar-refractivity contribution in [2.45, 2.75) is 20.3 Å². The lowest BCUT2D eigenvalue weighted by atomic mass is 10.1. The van der Waals surface area contributed by atoms with Crippen LogP contribution in [0.25, 0.3) is 0 Å². The van der Waals surface area contributed by atoms with Crippen LogP contribution in [0.4, 0.5) is 11.4 Å². The summed E-state index contributed by atoms with van der Waals surface area (Å²) in [6, 6.07) is 8.65. The number of anilines is 2. The monoisotopic (exact) mass is 430 g/mol. The fourth-order valence-corrected chi connectivity index (χ4v) is 3.61. The van der Waals surface area contributed by atoms with E-state index in [0.717, 1.165) is 5.69 Å². The molecule has 1 heterocycles. The lowest BCUT2D eigenvalue weighted by molar-refractivity contribution is 0.0526. The van der Waals surface area contributed by atoms with Crippen molar-refractivity contribution in [3.05, 3.63) is 47.3 Å². The lowest BCUT2D eigenvalue weighted by Crippen LogP contribution is -2.29. The quantitative estimate of drug-likeness (QED) is 0.375. The highest BCUT2D eigenvalue weighted by molar-refractivity contribution is 7.85. The molecule has 1 aliphatic heterocycles. The molecule has 9 nitrogen and oxygen atoms in total. The fourth-order valence-electron chi connectivity index (χ4n) is 3.11. The number of ether oxygens (including phenoxy) is 1. The van der Waals surface area contributed by atoms with Crippen molar-refractivity contribution in [1.29, 1.82) is 10.5 Å². The lowest BCUT2D eigenvalue weighted by Gasteiger charge is -2.24. The van der Waals surface area contributed by atoms with Gasteiger partial charge in [-0.2, -0.15) is 18.9 Å². The van der Waals surface area contributed by atoms with Gasteiger partial charge < -0.3 is 14.5 Å². The highest BCUT2D eigenvalue weighted by Gasteiger charge is 2.31. The Bertz CT molecular complexity index is 1050. The van der Waals surface area contributed by atoms with Crippen LogP contribution in [0.1, 0.15) is 30.6 Å². The molecule has 1 aliphatic rings. The molecule has 0 atom stereocenters. The molecule has 158 valence electrons. The van der Waals surface area contributed by atoms with E-state index in [0.29, 0.717) is 23.6 Å². The third kappa shape index (κ3) is 5.38. The second kappa shape index (κ2) is 9.92. The smallest absolute Gasteiger partial charge is 0.338 e. The van der Waals surface area contributed by atoms with Crippen molar-refractivity contribution >= 4 is 27.5 Å². The third-order valence-corrected chi connectivity index (χ3v) is 5.17. The van der Waals surface area contributed by atoms with Crippen molar-refractivity contribution in [3.8, 4) is 12.1 Å². The summed E-state index contributed by atoms with van der Waals surface area (Å²) in [4.78, 5) is 15.9. The molecule has 0 aromatic heterocycles. The molecule has 0 amide bonds. The molecule has 0 bridgehead atoms. The summed E-state index contributed by atoms with van der Waals surface area (Å²) < 4.78 is 36.4. The van der Waals surface area contributed by atoms with E-state index >= 15 is 0 Å².